The van der Waals surface area contributed by atoms with Crippen LogP contribution in [-0.4, -0.2) is 20.2 Å². The molecule has 0 aromatic heterocycles. The zero-order valence-corrected chi connectivity index (χ0v) is 16.1. The number of halogens is 1. The standard InChI is InChI=1S/C18H30BrNO/c1-17(2,3)13-11-14(18(4,5)6)16(15(19)12-13)21-10-8-9-20-7/h11-12,20H,8-10H2,1-7H3. The smallest absolute Gasteiger partial charge is 0.137 e. The second-order valence-corrected chi connectivity index (χ2v) is 8.49. The van der Waals surface area contributed by atoms with Gasteiger partial charge in [0.1, 0.15) is 5.75 Å². The summed E-state index contributed by atoms with van der Waals surface area (Å²) in [4.78, 5) is 0. The molecule has 1 aromatic rings. The van der Waals surface area contributed by atoms with Crippen LogP contribution in [0.15, 0.2) is 16.6 Å². The molecule has 0 spiro atoms. The van der Waals surface area contributed by atoms with Crippen molar-refractivity contribution in [1.29, 1.82) is 0 Å². The predicted octanol–water partition coefficient (Wildman–Crippen LogP) is 5.03. The molecule has 0 atom stereocenters. The summed E-state index contributed by atoms with van der Waals surface area (Å²) < 4.78 is 7.14. The molecule has 0 heterocycles. The molecule has 0 aliphatic rings. The Morgan fingerprint density at radius 1 is 1.05 bits per heavy atom. The fourth-order valence-electron chi connectivity index (χ4n) is 2.15. The van der Waals surface area contributed by atoms with Crippen LogP contribution >= 0.6 is 15.9 Å². The fraction of sp³-hybridized carbons (Fsp3) is 0.667. The molecule has 1 aromatic carbocycles. The quantitative estimate of drug-likeness (QED) is 0.747. The van der Waals surface area contributed by atoms with Crippen LogP contribution < -0.4 is 10.1 Å². The number of hydrogen-bond donors (Lipinski definition) is 1. The van der Waals surface area contributed by atoms with Crippen molar-refractivity contribution in [1.82, 2.24) is 5.32 Å². The molecule has 0 radical (unpaired) electrons. The highest BCUT2D eigenvalue weighted by molar-refractivity contribution is 9.10. The number of hydrogen-bond acceptors (Lipinski definition) is 2. The molecule has 0 fully saturated rings. The van der Waals surface area contributed by atoms with Gasteiger partial charge in [-0.05, 0) is 58.4 Å². The molecule has 2 nitrogen and oxygen atoms in total. The molecule has 0 saturated heterocycles. The third-order valence-electron chi connectivity index (χ3n) is 3.54. The number of ether oxygens (including phenoxy) is 1. The second-order valence-electron chi connectivity index (χ2n) is 7.64. The average molecular weight is 356 g/mol. The maximum atomic E-state index is 6.08. The van der Waals surface area contributed by atoms with E-state index in [-0.39, 0.29) is 10.8 Å². The van der Waals surface area contributed by atoms with Crippen molar-refractivity contribution in [2.45, 2.75) is 58.8 Å². The van der Waals surface area contributed by atoms with E-state index < -0.39 is 0 Å². The lowest BCUT2D eigenvalue weighted by Crippen LogP contribution is -2.19. The lowest BCUT2D eigenvalue weighted by molar-refractivity contribution is 0.299. The molecule has 120 valence electrons. The summed E-state index contributed by atoms with van der Waals surface area (Å²) in [6.07, 6.45) is 1.01. The van der Waals surface area contributed by atoms with E-state index in [1.54, 1.807) is 0 Å². The van der Waals surface area contributed by atoms with Gasteiger partial charge in [-0.1, -0.05) is 47.6 Å². The van der Waals surface area contributed by atoms with Gasteiger partial charge in [0.25, 0.3) is 0 Å². The van der Waals surface area contributed by atoms with Gasteiger partial charge in [-0.25, -0.2) is 0 Å². The normalized spacial score (nSPS) is 12.6. The fourth-order valence-corrected chi connectivity index (χ4v) is 2.73. The minimum atomic E-state index is 0.0577. The van der Waals surface area contributed by atoms with Crippen LogP contribution in [0, 0.1) is 0 Å². The summed E-state index contributed by atoms with van der Waals surface area (Å²) in [6.45, 7) is 15.2. The number of rotatable bonds is 5. The Hall–Kier alpha value is -0.540. The molecule has 0 amide bonds. The van der Waals surface area contributed by atoms with Crippen LogP contribution in [0.25, 0.3) is 0 Å². The van der Waals surface area contributed by atoms with E-state index in [1.165, 1.54) is 11.1 Å². The molecule has 0 saturated carbocycles. The van der Waals surface area contributed by atoms with Gasteiger partial charge in [-0.15, -0.1) is 0 Å². The molecular formula is C18H30BrNO. The highest BCUT2D eigenvalue weighted by Gasteiger charge is 2.25. The summed E-state index contributed by atoms with van der Waals surface area (Å²) in [5.74, 6) is 0.992. The van der Waals surface area contributed by atoms with Gasteiger partial charge < -0.3 is 10.1 Å². The highest BCUT2D eigenvalue weighted by Crippen LogP contribution is 2.40. The predicted molar refractivity (Wildman–Crippen MR) is 95.6 cm³/mol. The SMILES string of the molecule is CNCCCOc1c(Br)cc(C(C)(C)C)cc1C(C)(C)C. The Morgan fingerprint density at radius 2 is 1.67 bits per heavy atom. The summed E-state index contributed by atoms with van der Waals surface area (Å²) in [6, 6.07) is 4.50. The van der Waals surface area contributed by atoms with Crippen molar-refractivity contribution in [3.05, 3.63) is 27.7 Å². The summed E-state index contributed by atoms with van der Waals surface area (Å²) in [5.41, 5.74) is 2.79. The molecular weight excluding hydrogens is 326 g/mol. The van der Waals surface area contributed by atoms with Crippen LogP contribution in [0.3, 0.4) is 0 Å². The van der Waals surface area contributed by atoms with E-state index in [0.717, 1.165) is 29.8 Å². The van der Waals surface area contributed by atoms with Gasteiger partial charge in [0.05, 0.1) is 11.1 Å². The molecule has 0 aliphatic carbocycles. The Bertz CT molecular complexity index is 469. The molecule has 21 heavy (non-hydrogen) atoms. The minimum Gasteiger partial charge on any atom is -0.492 e. The Labute approximate surface area is 138 Å². The van der Waals surface area contributed by atoms with E-state index in [0.29, 0.717) is 0 Å². The third-order valence-corrected chi connectivity index (χ3v) is 4.12. The van der Waals surface area contributed by atoms with Crippen molar-refractivity contribution in [2.24, 2.45) is 0 Å². The van der Waals surface area contributed by atoms with Crippen molar-refractivity contribution in [3.63, 3.8) is 0 Å². The van der Waals surface area contributed by atoms with Gasteiger partial charge >= 0.3 is 0 Å². The van der Waals surface area contributed by atoms with Crippen molar-refractivity contribution < 1.29 is 4.74 Å². The second kappa shape index (κ2) is 7.15. The molecule has 1 N–H and O–H groups in total. The maximum absolute atomic E-state index is 6.08. The molecule has 0 aliphatic heterocycles. The Kier molecular flexibility index (Phi) is 6.30. The van der Waals surface area contributed by atoms with Gasteiger partial charge in [-0.2, -0.15) is 0 Å². The molecule has 3 heteroatoms. The highest BCUT2D eigenvalue weighted by atomic mass is 79.9. The number of benzene rings is 1. The molecule has 0 unspecified atom stereocenters. The molecule has 1 rings (SSSR count). The van der Waals surface area contributed by atoms with E-state index in [1.807, 2.05) is 7.05 Å². The van der Waals surface area contributed by atoms with Crippen LogP contribution in [0.4, 0.5) is 0 Å². The Morgan fingerprint density at radius 3 is 2.14 bits per heavy atom. The van der Waals surface area contributed by atoms with Crippen LogP contribution in [0.1, 0.15) is 59.1 Å². The zero-order chi connectivity index (χ0) is 16.3. The van der Waals surface area contributed by atoms with Crippen LogP contribution in [-0.2, 0) is 10.8 Å². The first-order chi connectivity index (χ1) is 9.57. The van der Waals surface area contributed by atoms with Gasteiger partial charge in [0.2, 0.25) is 0 Å². The summed E-state index contributed by atoms with van der Waals surface area (Å²) in [7, 11) is 1.97. The average Bonchev–Trinajstić information content (AvgIpc) is 2.33. The van der Waals surface area contributed by atoms with Crippen molar-refractivity contribution in [3.8, 4) is 5.75 Å². The first-order valence-electron chi connectivity index (χ1n) is 7.69. The van der Waals surface area contributed by atoms with E-state index in [4.69, 9.17) is 4.74 Å². The van der Waals surface area contributed by atoms with E-state index in [9.17, 15) is 0 Å². The van der Waals surface area contributed by atoms with E-state index >= 15 is 0 Å². The van der Waals surface area contributed by atoms with Gasteiger partial charge in [-0.3, -0.25) is 0 Å². The van der Waals surface area contributed by atoms with Crippen molar-refractivity contribution in [2.75, 3.05) is 20.2 Å². The minimum absolute atomic E-state index is 0.0577. The first kappa shape index (κ1) is 18.5. The third kappa shape index (κ3) is 5.30. The Balaban J connectivity index is 3.17. The molecule has 0 bridgehead atoms. The summed E-state index contributed by atoms with van der Waals surface area (Å²) in [5, 5.41) is 3.15. The van der Waals surface area contributed by atoms with Crippen LogP contribution in [0.5, 0.6) is 5.75 Å². The summed E-state index contributed by atoms with van der Waals surface area (Å²) >= 11 is 3.71. The van der Waals surface area contributed by atoms with E-state index in [2.05, 4.69) is 74.9 Å². The lowest BCUT2D eigenvalue weighted by atomic mass is 9.80. The van der Waals surface area contributed by atoms with Gasteiger partial charge in [0, 0.05) is 5.56 Å². The zero-order valence-electron chi connectivity index (χ0n) is 14.6. The largest absolute Gasteiger partial charge is 0.492 e. The monoisotopic (exact) mass is 355 g/mol. The maximum Gasteiger partial charge on any atom is 0.137 e. The first-order valence-corrected chi connectivity index (χ1v) is 8.48. The van der Waals surface area contributed by atoms with Gasteiger partial charge in [0.15, 0.2) is 0 Å². The topological polar surface area (TPSA) is 21.3 Å². The van der Waals surface area contributed by atoms with Crippen LogP contribution in [0.2, 0.25) is 0 Å². The lowest BCUT2D eigenvalue weighted by Gasteiger charge is -2.28. The number of nitrogens with one attached hydrogen (secondary N) is 1. The van der Waals surface area contributed by atoms with Crippen molar-refractivity contribution >= 4 is 15.9 Å².